The molecule has 22 heavy (non-hydrogen) atoms. The summed E-state index contributed by atoms with van der Waals surface area (Å²) in [5.74, 6) is 0. The van der Waals surface area contributed by atoms with Gasteiger partial charge in [0.25, 0.3) is 0 Å². The fraction of sp³-hybridized carbons (Fsp3) is 0.312. The number of rotatable bonds is 5. The van der Waals surface area contributed by atoms with E-state index < -0.39 is 11.7 Å². The molecule has 0 radical (unpaired) electrons. The SMILES string of the molecule is Cc1ccc(NNCCc2ccc(C(F)(F)F)cn2)cc1C. The van der Waals surface area contributed by atoms with Gasteiger partial charge in [-0.1, -0.05) is 6.07 Å². The Labute approximate surface area is 127 Å². The first-order valence-corrected chi connectivity index (χ1v) is 6.94. The van der Waals surface area contributed by atoms with Gasteiger partial charge in [0.2, 0.25) is 0 Å². The van der Waals surface area contributed by atoms with Crippen LogP contribution in [0, 0.1) is 13.8 Å². The Morgan fingerprint density at radius 1 is 1.05 bits per heavy atom. The molecule has 2 aromatic rings. The third kappa shape index (κ3) is 4.46. The van der Waals surface area contributed by atoms with Crippen molar-refractivity contribution in [3.63, 3.8) is 0 Å². The van der Waals surface area contributed by atoms with Crippen LogP contribution in [0.2, 0.25) is 0 Å². The summed E-state index contributed by atoms with van der Waals surface area (Å²) in [6.07, 6.45) is -2.93. The van der Waals surface area contributed by atoms with Crippen LogP contribution < -0.4 is 10.9 Å². The van der Waals surface area contributed by atoms with E-state index in [0.717, 1.165) is 18.0 Å². The van der Waals surface area contributed by atoms with Gasteiger partial charge in [-0.15, -0.1) is 0 Å². The summed E-state index contributed by atoms with van der Waals surface area (Å²) in [4.78, 5) is 3.83. The number of aromatic nitrogens is 1. The lowest BCUT2D eigenvalue weighted by Crippen LogP contribution is -2.24. The first-order chi connectivity index (χ1) is 10.4. The number of nitrogens with one attached hydrogen (secondary N) is 2. The van der Waals surface area contributed by atoms with Crippen LogP contribution in [0.15, 0.2) is 36.5 Å². The van der Waals surface area contributed by atoms with Crippen LogP contribution >= 0.6 is 0 Å². The highest BCUT2D eigenvalue weighted by atomic mass is 19.4. The molecule has 0 aliphatic heterocycles. The van der Waals surface area contributed by atoms with E-state index in [1.54, 1.807) is 0 Å². The van der Waals surface area contributed by atoms with Gasteiger partial charge in [-0.25, -0.2) is 5.43 Å². The van der Waals surface area contributed by atoms with E-state index in [1.165, 1.54) is 17.2 Å². The Balaban J connectivity index is 1.80. The summed E-state index contributed by atoms with van der Waals surface area (Å²) in [6, 6.07) is 8.47. The molecule has 0 fully saturated rings. The van der Waals surface area contributed by atoms with Crippen molar-refractivity contribution >= 4 is 5.69 Å². The molecule has 1 aromatic heterocycles. The first kappa shape index (κ1) is 16.3. The van der Waals surface area contributed by atoms with Crippen LogP contribution in [-0.4, -0.2) is 11.5 Å². The Morgan fingerprint density at radius 2 is 1.82 bits per heavy atom. The van der Waals surface area contributed by atoms with Crippen LogP contribution in [0.25, 0.3) is 0 Å². The normalized spacial score (nSPS) is 11.5. The fourth-order valence-electron chi connectivity index (χ4n) is 1.91. The molecule has 118 valence electrons. The van der Waals surface area contributed by atoms with Gasteiger partial charge in [-0.2, -0.15) is 13.2 Å². The number of anilines is 1. The lowest BCUT2D eigenvalue weighted by atomic mass is 10.1. The van der Waals surface area contributed by atoms with Crippen molar-refractivity contribution in [3.8, 4) is 0 Å². The number of nitrogens with zero attached hydrogens (tertiary/aromatic N) is 1. The molecule has 0 saturated carbocycles. The number of hydrogen-bond acceptors (Lipinski definition) is 3. The Hall–Kier alpha value is -2.08. The van der Waals surface area contributed by atoms with Gasteiger partial charge in [0.05, 0.1) is 5.56 Å². The van der Waals surface area contributed by atoms with Gasteiger partial charge in [0, 0.05) is 30.5 Å². The average molecular weight is 309 g/mol. The average Bonchev–Trinajstić information content (AvgIpc) is 2.47. The van der Waals surface area contributed by atoms with Gasteiger partial charge >= 0.3 is 6.18 Å². The number of halogens is 3. The number of benzene rings is 1. The van der Waals surface area contributed by atoms with Crippen molar-refractivity contribution in [2.24, 2.45) is 0 Å². The number of alkyl halides is 3. The molecule has 0 bridgehead atoms. The van der Waals surface area contributed by atoms with Crippen molar-refractivity contribution < 1.29 is 13.2 Å². The van der Waals surface area contributed by atoms with Gasteiger partial charge in [0.1, 0.15) is 0 Å². The van der Waals surface area contributed by atoms with Gasteiger partial charge in [-0.05, 0) is 49.2 Å². The van der Waals surface area contributed by atoms with E-state index in [4.69, 9.17) is 0 Å². The molecule has 0 aliphatic carbocycles. The molecule has 0 atom stereocenters. The summed E-state index contributed by atoms with van der Waals surface area (Å²) in [5.41, 5.74) is 9.34. The number of hydrazine groups is 1. The Kier molecular flexibility index (Phi) is 5.03. The number of pyridine rings is 1. The van der Waals surface area contributed by atoms with Crippen LogP contribution in [0.3, 0.4) is 0 Å². The molecule has 0 amide bonds. The molecule has 1 heterocycles. The van der Waals surface area contributed by atoms with E-state index in [2.05, 4.69) is 15.8 Å². The van der Waals surface area contributed by atoms with Gasteiger partial charge < -0.3 is 5.43 Å². The van der Waals surface area contributed by atoms with Crippen LogP contribution in [-0.2, 0) is 12.6 Å². The molecule has 1 aromatic carbocycles. The summed E-state index contributed by atoms with van der Waals surface area (Å²) < 4.78 is 37.2. The summed E-state index contributed by atoms with van der Waals surface area (Å²) in [7, 11) is 0. The van der Waals surface area contributed by atoms with Crippen molar-refractivity contribution in [2.75, 3.05) is 12.0 Å². The summed E-state index contributed by atoms with van der Waals surface area (Å²) in [5, 5.41) is 0. The maximum atomic E-state index is 12.4. The minimum atomic E-state index is -4.34. The fourth-order valence-corrected chi connectivity index (χ4v) is 1.91. The van der Waals surface area contributed by atoms with Crippen molar-refractivity contribution in [2.45, 2.75) is 26.4 Å². The van der Waals surface area contributed by atoms with Crippen molar-refractivity contribution in [1.29, 1.82) is 0 Å². The first-order valence-electron chi connectivity index (χ1n) is 6.94. The van der Waals surface area contributed by atoms with Crippen molar-refractivity contribution in [1.82, 2.24) is 10.4 Å². The van der Waals surface area contributed by atoms with Crippen LogP contribution in [0.4, 0.5) is 18.9 Å². The van der Waals surface area contributed by atoms with Crippen LogP contribution in [0.5, 0.6) is 0 Å². The molecule has 0 spiro atoms. The highest BCUT2D eigenvalue weighted by Gasteiger charge is 2.30. The monoisotopic (exact) mass is 309 g/mol. The molecule has 3 nitrogen and oxygen atoms in total. The minimum absolute atomic E-state index is 0.538. The van der Waals surface area contributed by atoms with Crippen LogP contribution in [0.1, 0.15) is 22.4 Å². The van der Waals surface area contributed by atoms with Gasteiger partial charge in [0.15, 0.2) is 0 Å². The maximum absolute atomic E-state index is 12.4. The van der Waals surface area contributed by atoms with Crippen molar-refractivity contribution in [3.05, 3.63) is 58.9 Å². The topological polar surface area (TPSA) is 37.0 Å². The van der Waals surface area contributed by atoms with E-state index in [-0.39, 0.29) is 0 Å². The summed E-state index contributed by atoms with van der Waals surface area (Å²) >= 11 is 0. The minimum Gasteiger partial charge on any atom is -0.321 e. The number of aryl methyl sites for hydroxylation is 2. The highest BCUT2D eigenvalue weighted by molar-refractivity contribution is 5.47. The molecular formula is C16H18F3N3. The predicted molar refractivity (Wildman–Crippen MR) is 80.5 cm³/mol. The lowest BCUT2D eigenvalue weighted by Gasteiger charge is -2.10. The standard InChI is InChI=1S/C16H18F3N3/c1-11-3-5-15(9-12(11)2)22-21-8-7-14-6-4-13(10-20-14)16(17,18)19/h3-6,9-10,21-22H,7-8H2,1-2H3. The highest BCUT2D eigenvalue weighted by Crippen LogP contribution is 2.28. The third-order valence-electron chi connectivity index (χ3n) is 3.40. The van der Waals surface area contributed by atoms with E-state index >= 15 is 0 Å². The second kappa shape index (κ2) is 6.79. The Bertz CT molecular complexity index is 622. The smallest absolute Gasteiger partial charge is 0.321 e. The zero-order valence-corrected chi connectivity index (χ0v) is 12.5. The van der Waals surface area contributed by atoms with E-state index in [1.807, 2.05) is 32.0 Å². The van der Waals surface area contributed by atoms with Gasteiger partial charge in [-0.3, -0.25) is 4.98 Å². The Morgan fingerprint density at radius 3 is 2.41 bits per heavy atom. The zero-order chi connectivity index (χ0) is 16.2. The number of hydrogen-bond donors (Lipinski definition) is 2. The second-order valence-corrected chi connectivity index (χ2v) is 5.14. The second-order valence-electron chi connectivity index (χ2n) is 5.14. The lowest BCUT2D eigenvalue weighted by molar-refractivity contribution is -0.137. The molecule has 0 unspecified atom stereocenters. The molecule has 2 N–H and O–H groups in total. The third-order valence-corrected chi connectivity index (χ3v) is 3.40. The maximum Gasteiger partial charge on any atom is 0.417 e. The zero-order valence-electron chi connectivity index (χ0n) is 12.5. The predicted octanol–water partition coefficient (Wildman–Crippen LogP) is 3.88. The summed E-state index contributed by atoms with van der Waals surface area (Å²) in [6.45, 7) is 4.64. The quantitative estimate of drug-likeness (QED) is 0.650. The van der Waals surface area contributed by atoms with E-state index in [0.29, 0.717) is 18.7 Å². The molecular weight excluding hydrogens is 291 g/mol. The molecule has 0 aliphatic rings. The van der Waals surface area contributed by atoms with E-state index in [9.17, 15) is 13.2 Å². The molecule has 0 saturated heterocycles. The molecule has 2 rings (SSSR count). The largest absolute Gasteiger partial charge is 0.417 e. The molecule has 6 heteroatoms.